The van der Waals surface area contributed by atoms with Crippen LogP contribution in [0.4, 0.5) is 0 Å². The molecule has 0 aromatic heterocycles. The summed E-state index contributed by atoms with van der Waals surface area (Å²) in [6.07, 6.45) is 6.81. The molecule has 0 amide bonds. The molecule has 1 aliphatic carbocycles. The highest BCUT2D eigenvalue weighted by Gasteiger charge is 2.18. The van der Waals surface area contributed by atoms with Crippen molar-refractivity contribution in [2.45, 2.75) is 19.3 Å². The summed E-state index contributed by atoms with van der Waals surface area (Å²) in [5, 5.41) is 3.15. The van der Waals surface area contributed by atoms with Crippen LogP contribution in [0.2, 0.25) is 0 Å². The summed E-state index contributed by atoms with van der Waals surface area (Å²) in [5.41, 5.74) is 2.08. The first-order valence-electron chi connectivity index (χ1n) is 4.05. The number of Topliss-reactive ketones (excluding diaryl/α,β-unsaturated/α-hetero) is 1. The smallest absolute Gasteiger partial charge is 0.182 e. The third-order valence-corrected chi connectivity index (χ3v) is 2.15. The molecule has 2 heteroatoms. The Bertz CT molecular complexity index is 250. The van der Waals surface area contributed by atoms with Crippen molar-refractivity contribution in [2.24, 2.45) is 0 Å². The van der Waals surface area contributed by atoms with Crippen LogP contribution >= 0.6 is 0 Å². The summed E-state index contributed by atoms with van der Waals surface area (Å²) in [6, 6.07) is 0. The lowest BCUT2D eigenvalue weighted by Crippen LogP contribution is -2.28. The van der Waals surface area contributed by atoms with Gasteiger partial charge in [-0.2, -0.15) is 0 Å². The van der Waals surface area contributed by atoms with Gasteiger partial charge in [-0.1, -0.05) is 12.2 Å². The summed E-state index contributed by atoms with van der Waals surface area (Å²) >= 11 is 0. The zero-order chi connectivity index (χ0) is 7.68. The van der Waals surface area contributed by atoms with E-state index in [4.69, 9.17) is 0 Å². The van der Waals surface area contributed by atoms with Crippen LogP contribution in [0.25, 0.3) is 0 Å². The molecular weight excluding hydrogens is 138 g/mol. The van der Waals surface area contributed by atoms with Crippen LogP contribution in [0.5, 0.6) is 0 Å². The SMILES string of the molecule is O=C1CC=CC2=C1NCCC2. The van der Waals surface area contributed by atoms with Gasteiger partial charge in [0.25, 0.3) is 0 Å². The van der Waals surface area contributed by atoms with Crippen LogP contribution < -0.4 is 5.32 Å². The number of carbonyl (C=O) groups excluding carboxylic acids is 1. The number of ketones is 1. The zero-order valence-corrected chi connectivity index (χ0v) is 6.39. The number of allylic oxidation sites excluding steroid dienone is 4. The molecule has 0 saturated heterocycles. The van der Waals surface area contributed by atoms with E-state index in [2.05, 4.69) is 11.4 Å². The lowest BCUT2D eigenvalue weighted by atomic mass is 9.95. The molecule has 0 radical (unpaired) electrons. The summed E-state index contributed by atoms with van der Waals surface area (Å²) in [6.45, 7) is 0.957. The molecule has 11 heavy (non-hydrogen) atoms. The van der Waals surface area contributed by atoms with Crippen LogP contribution in [0.15, 0.2) is 23.4 Å². The minimum absolute atomic E-state index is 0.252. The van der Waals surface area contributed by atoms with Gasteiger partial charge in [0.15, 0.2) is 5.78 Å². The third kappa shape index (κ3) is 1.09. The van der Waals surface area contributed by atoms with Crippen molar-refractivity contribution in [3.63, 3.8) is 0 Å². The first-order valence-corrected chi connectivity index (χ1v) is 4.05. The standard InChI is InChI=1S/C9H11NO/c11-8-5-1-3-7-4-2-6-10-9(7)8/h1,3,10H,2,4-6H2. The number of nitrogens with one attached hydrogen (secondary N) is 1. The molecule has 0 atom stereocenters. The van der Waals surface area contributed by atoms with Crippen molar-refractivity contribution in [1.82, 2.24) is 5.32 Å². The normalized spacial score (nSPS) is 23.1. The Labute approximate surface area is 66.0 Å². The van der Waals surface area contributed by atoms with E-state index < -0.39 is 0 Å². The topological polar surface area (TPSA) is 29.1 Å². The molecule has 0 spiro atoms. The fourth-order valence-corrected chi connectivity index (χ4v) is 1.59. The van der Waals surface area contributed by atoms with Gasteiger partial charge >= 0.3 is 0 Å². The Morgan fingerprint density at radius 3 is 3.18 bits per heavy atom. The summed E-state index contributed by atoms with van der Waals surface area (Å²) in [5.74, 6) is 0.252. The second kappa shape index (κ2) is 2.53. The van der Waals surface area contributed by atoms with Crippen molar-refractivity contribution in [3.8, 4) is 0 Å². The first kappa shape index (κ1) is 6.65. The van der Waals surface area contributed by atoms with Crippen molar-refractivity contribution in [3.05, 3.63) is 23.4 Å². The fourth-order valence-electron chi connectivity index (χ4n) is 1.59. The van der Waals surface area contributed by atoms with Crippen LogP contribution in [0.1, 0.15) is 19.3 Å². The molecule has 2 nitrogen and oxygen atoms in total. The van der Waals surface area contributed by atoms with Crippen LogP contribution in [-0.2, 0) is 4.79 Å². The van der Waals surface area contributed by atoms with Gasteiger partial charge in [0.2, 0.25) is 0 Å². The Morgan fingerprint density at radius 2 is 2.36 bits per heavy atom. The third-order valence-electron chi connectivity index (χ3n) is 2.15. The lowest BCUT2D eigenvalue weighted by molar-refractivity contribution is -0.115. The minimum atomic E-state index is 0.252. The molecule has 1 aliphatic heterocycles. The van der Waals surface area contributed by atoms with E-state index in [1.807, 2.05) is 6.08 Å². The van der Waals surface area contributed by atoms with Crippen molar-refractivity contribution < 1.29 is 4.79 Å². The van der Waals surface area contributed by atoms with E-state index in [-0.39, 0.29) is 5.78 Å². The predicted molar refractivity (Wildman–Crippen MR) is 43.0 cm³/mol. The monoisotopic (exact) mass is 149 g/mol. The molecule has 58 valence electrons. The number of hydrogen-bond acceptors (Lipinski definition) is 2. The highest BCUT2D eigenvalue weighted by atomic mass is 16.1. The number of rotatable bonds is 0. The van der Waals surface area contributed by atoms with E-state index in [1.54, 1.807) is 0 Å². The molecule has 0 aromatic carbocycles. The van der Waals surface area contributed by atoms with Crippen LogP contribution in [0.3, 0.4) is 0 Å². The fraction of sp³-hybridized carbons (Fsp3) is 0.444. The summed E-state index contributed by atoms with van der Waals surface area (Å²) < 4.78 is 0. The number of hydrogen-bond donors (Lipinski definition) is 1. The quantitative estimate of drug-likeness (QED) is 0.560. The first-order chi connectivity index (χ1) is 5.38. The van der Waals surface area contributed by atoms with E-state index in [9.17, 15) is 4.79 Å². The molecular formula is C9H11NO. The molecule has 1 heterocycles. The number of carbonyl (C=O) groups is 1. The second-order valence-electron chi connectivity index (χ2n) is 2.96. The Balaban J connectivity index is 2.35. The Hall–Kier alpha value is -1.05. The minimum Gasteiger partial charge on any atom is -0.382 e. The Morgan fingerprint density at radius 1 is 1.45 bits per heavy atom. The predicted octanol–water partition coefficient (Wildman–Crippen LogP) is 1.15. The molecule has 2 rings (SSSR count). The molecule has 0 unspecified atom stereocenters. The van der Waals surface area contributed by atoms with Crippen molar-refractivity contribution in [1.29, 1.82) is 0 Å². The van der Waals surface area contributed by atoms with E-state index in [0.717, 1.165) is 25.1 Å². The van der Waals surface area contributed by atoms with E-state index >= 15 is 0 Å². The summed E-state index contributed by atoms with van der Waals surface area (Å²) in [4.78, 5) is 11.3. The van der Waals surface area contributed by atoms with Crippen LogP contribution in [-0.4, -0.2) is 12.3 Å². The van der Waals surface area contributed by atoms with Crippen molar-refractivity contribution >= 4 is 5.78 Å². The van der Waals surface area contributed by atoms with Gasteiger partial charge in [-0.05, 0) is 18.4 Å². The lowest BCUT2D eigenvalue weighted by Gasteiger charge is -2.21. The van der Waals surface area contributed by atoms with Gasteiger partial charge < -0.3 is 5.32 Å². The largest absolute Gasteiger partial charge is 0.382 e. The van der Waals surface area contributed by atoms with Gasteiger partial charge in [0, 0.05) is 13.0 Å². The van der Waals surface area contributed by atoms with E-state index in [1.165, 1.54) is 5.57 Å². The molecule has 2 aliphatic rings. The van der Waals surface area contributed by atoms with Gasteiger partial charge in [-0.15, -0.1) is 0 Å². The molecule has 0 bridgehead atoms. The zero-order valence-electron chi connectivity index (χ0n) is 6.39. The second-order valence-corrected chi connectivity index (χ2v) is 2.96. The average Bonchev–Trinajstić information content (AvgIpc) is 2.06. The van der Waals surface area contributed by atoms with Gasteiger partial charge in [0.1, 0.15) is 0 Å². The van der Waals surface area contributed by atoms with Gasteiger partial charge in [0.05, 0.1) is 5.70 Å². The van der Waals surface area contributed by atoms with E-state index in [0.29, 0.717) is 6.42 Å². The molecule has 1 N–H and O–H groups in total. The Kier molecular flexibility index (Phi) is 1.53. The molecule has 0 saturated carbocycles. The summed E-state index contributed by atoms with van der Waals surface area (Å²) in [7, 11) is 0. The highest BCUT2D eigenvalue weighted by Crippen LogP contribution is 2.21. The maximum absolute atomic E-state index is 11.3. The maximum Gasteiger partial charge on any atom is 0.182 e. The molecule has 0 fully saturated rings. The van der Waals surface area contributed by atoms with Gasteiger partial charge in [-0.25, -0.2) is 0 Å². The van der Waals surface area contributed by atoms with Gasteiger partial charge in [-0.3, -0.25) is 4.79 Å². The average molecular weight is 149 g/mol. The maximum atomic E-state index is 11.3. The highest BCUT2D eigenvalue weighted by molar-refractivity contribution is 5.98. The van der Waals surface area contributed by atoms with Crippen LogP contribution in [0, 0.1) is 0 Å². The molecule has 0 aromatic rings. The van der Waals surface area contributed by atoms with Crippen molar-refractivity contribution in [2.75, 3.05) is 6.54 Å².